The van der Waals surface area contributed by atoms with E-state index in [0.29, 0.717) is 11.2 Å². The predicted octanol–water partition coefficient (Wildman–Crippen LogP) is 3.88. The molecule has 1 fully saturated rings. The van der Waals surface area contributed by atoms with Crippen LogP contribution in [0.1, 0.15) is 49.9 Å². The molecular formula is C17H24FNO2. The average molecular weight is 293 g/mol. The molecule has 3 nitrogen and oxygen atoms in total. The number of carbonyl (C=O) groups is 1. The van der Waals surface area contributed by atoms with Gasteiger partial charge >= 0.3 is 0 Å². The van der Waals surface area contributed by atoms with Gasteiger partial charge in [-0.2, -0.15) is 0 Å². The van der Waals surface area contributed by atoms with Crippen molar-refractivity contribution in [2.24, 2.45) is 5.41 Å². The van der Waals surface area contributed by atoms with Gasteiger partial charge in [0.2, 0.25) is 0 Å². The first-order valence-electron chi connectivity index (χ1n) is 7.45. The number of benzene rings is 1. The van der Waals surface area contributed by atoms with Gasteiger partial charge in [0.15, 0.2) is 0 Å². The fourth-order valence-electron chi connectivity index (χ4n) is 2.92. The molecule has 0 saturated heterocycles. The van der Waals surface area contributed by atoms with E-state index >= 15 is 0 Å². The third-order valence-corrected chi connectivity index (χ3v) is 4.58. The highest BCUT2D eigenvalue weighted by molar-refractivity contribution is 5.94. The van der Waals surface area contributed by atoms with E-state index in [4.69, 9.17) is 4.74 Å². The summed E-state index contributed by atoms with van der Waals surface area (Å²) in [5.74, 6) is -0.353. The van der Waals surface area contributed by atoms with Gasteiger partial charge in [0, 0.05) is 19.2 Å². The van der Waals surface area contributed by atoms with Crippen LogP contribution in [0.25, 0.3) is 0 Å². The fourth-order valence-corrected chi connectivity index (χ4v) is 2.92. The minimum Gasteiger partial charge on any atom is -0.497 e. The Morgan fingerprint density at radius 2 is 1.95 bits per heavy atom. The molecule has 1 aliphatic rings. The van der Waals surface area contributed by atoms with Gasteiger partial charge in [-0.25, -0.2) is 4.39 Å². The lowest BCUT2D eigenvalue weighted by molar-refractivity contribution is 0.0631. The summed E-state index contributed by atoms with van der Waals surface area (Å²) in [4.78, 5) is 14.2. The van der Waals surface area contributed by atoms with Gasteiger partial charge in [0.25, 0.3) is 5.91 Å². The smallest absolute Gasteiger partial charge is 0.256 e. The number of amides is 1. The quantitative estimate of drug-likeness (QED) is 0.846. The Hall–Kier alpha value is -1.58. The van der Waals surface area contributed by atoms with Gasteiger partial charge in [-0.15, -0.1) is 0 Å². The highest BCUT2D eigenvalue weighted by Gasteiger charge is 2.31. The van der Waals surface area contributed by atoms with Crippen molar-refractivity contribution >= 4 is 5.91 Å². The van der Waals surface area contributed by atoms with Crippen LogP contribution in [0, 0.1) is 11.2 Å². The zero-order valence-electron chi connectivity index (χ0n) is 13.3. The third-order valence-electron chi connectivity index (χ3n) is 4.58. The third kappa shape index (κ3) is 3.55. The maximum atomic E-state index is 14.0. The molecule has 0 bridgehead atoms. The number of methoxy groups -OCH3 is 1. The van der Waals surface area contributed by atoms with Crippen LogP contribution >= 0.6 is 0 Å². The molecular weight excluding hydrogens is 269 g/mol. The number of hydrogen-bond acceptors (Lipinski definition) is 2. The van der Waals surface area contributed by atoms with E-state index in [1.54, 1.807) is 18.0 Å². The van der Waals surface area contributed by atoms with E-state index in [1.165, 1.54) is 19.2 Å². The number of carbonyl (C=O) groups excluding carboxylic acids is 1. The second kappa shape index (κ2) is 6.04. The van der Waals surface area contributed by atoms with E-state index in [1.807, 2.05) is 0 Å². The summed E-state index contributed by atoms with van der Waals surface area (Å²) in [5, 5.41) is 0. The first-order chi connectivity index (χ1) is 9.84. The number of ether oxygens (including phenoxy) is 1. The number of nitrogens with zero attached hydrogens (tertiary/aromatic N) is 1. The average Bonchev–Trinajstić information content (AvgIpc) is 2.45. The SMILES string of the molecule is COc1ccc(C(=O)N(C)C2CCC(C)(C)CC2)c(F)c1. The normalized spacial score (nSPS) is 18.3. The minimum absolute atomic E-state index is 0.114. The zero-order valence-corrected chi connectivity index (χ0v) is 13.3. The molecule has 1 aliphatic carbocycles. The summed E-state index contributed by atoms with van der Waals surface area (Å²) < 4.78 is 19.0. The van der Waals surface area contributed by atoms with Crippen molar-refractivity contribution in [3.05, 3.63) is 29.6 Å². The van der Waals surface area contributed by atoms with Gasteiger partial charge in [0.1, 0.15) is 11.6 Å². The first-order valence-corrected chi connectivity index (χ1v) is 7.45. The van der Waals surface area contributed by atoms with Crippen molar-refractivity contribution in [1.29, 1.82) is 0 Å². The van der Waals surface area contributed by atoms with Crippen molar-refractivity contribution in [2.45, 2.75) is 45.6 Å². The van der Waals surface area contributed by atoms with Crippen LogP contribution in [0.3, 0.4) is 0 Å². The molecule has 0 heterocycles. The number of hydrogen-bond donors (Lipinski definition) is 0. The molecule has 0 N–H and O–H groups in total. The molecule has 0 spiro atoms. The van der Waals surface area contributed by atoms with E-state index in [0.717, 1.165) is 25.7 Å². The van der Waals surface area contributed by atoms with Crippen molar-refractivity contribution < 1.29 is 13.9 Å². The molecule has 0 aliphatic heterocycles. The van der Waals surface area contributed by atoms with Crippen LogP contribution in [0.15, 0.2) is 18.2 Å². The lowest BCUT2D eigenvalue weighted by Crippen LogP contribution is -2.41. The van der Waals surface area contributed by atoms with E-state index in [2.05, 4.69) is 13.8 Å². The summed E-state index contributed by atoms with van der Waals surface area (Å²) in [5.41, 5.74) is 0.467. The lowest BCUT2D eigenvalue weighted by atomic mass is 9.75. The summed E-state index contributed by atoms with van der Waals surface area (Å²) in [7, 11) is 3.25. The number of halogens is 1. The largest absolute Gasteiger partial charge is 0.497 e. The van der Waals surface area contributed by atoms with Crippen LogP contribution in [-0.4, -0.2) is 31.0 Å². The van der Waals surface area contributed by atoms with Crippen LogP contribution < -0.4 is 4.74 Å². The molecule has 1 saturated carbocycles. The Morgan fingerprint density at radius 3 is 2.48 bits per heavy atom. The summed E-state index contributed by atoms with van der Waals surface area (Å²) >= 11 is 0. The molecule has 4 heteroatoms. The second-order valence-corrected chi connectivity index (χ2v) is 6.66. The maximum Gasteiger partial charge on any atom is 0.256 e. The van der Waals surface area contributed by atoms with Crippen LogP contribution in [0.2, 0.25) is 0 Å². The highest BCUT2D eigenvalue weighted by Crippen LogP contribution is 2.37. The lowest BCUT2D eigenvalue weighted by Gasteiger charge is -2.38. The molecule has 116 valence electrons. The molecule has 21 heavy (non-hydrogen) atoms. The van der Waals surface area contributed by atoms with E-state index < -0.39 is 5.82 Å². The van der Waals surface area contributed by atoms with Crippen LogP contribution in [-0.2, 0) is 0 Å². The molecule has 0 unspecified atom stereocenters. The van der Waals surface area contributed by atoms with Crippen molar-refractivity contribution in [1.82, 2.24) is 4.90 Å². The molecule has 2 rings (SSSR count). The van der Waals surface area contributed by atoms with Gasteiger partial charge < -0.3 is 9.64 Å². The molecule has 0 atom stereocenters. The molecule has 0 radical (unpaired) electrons. The van der Waals surface area contributed by atoms with E-state index in [-0.39, 0.29) is 17.5 Å². The van der Waals surface area contributed by atoms with Crippen molar-refractivity contribution in [3.63, 3.8) is 0 Å². The highest BCUT2D eigenvalue weighted by atomic mass is 19.1. The fraction of sp³-hybridized carbons (Fsp3) is 0.588. The van der Waals surface area contributed by atoms with Gasteiger partial charge in [-0.3, -0.25) is 4.79 Å². The van der Waals surface area contributed by atoms with Crippen LogP contribution in [0.4, 0.5) is 4.39 Å². The van der Waals surface area contributed by atoms with Crippen molar-refractivity contribution in [2.75, 3.05) is 14.2 Å². The Morgan fingerprint density at radius 1 is 1.33 bits per heavy atom. The molecule has 0 aromatic heterocycles. The van der Waals surface area contributed by atoms with E-state index in [9.17, 15) is 9.18 Å². The van der Waals surface area contributed by atoms with Gasteiger partial charge in [0.05, 0.1) is 12.7 Å². The Kier molecular flexibility index (Phi) is 4.55. The van der Waals surface area contributed by atoms with Gasteiger partial charge in [-0.1, -0.05) is 13.8 Å². The Balaban J connectivity index is 2.09. The Bertz CT molecular complexity index is 518. The Labute approximate surface area is 126 Å². The topological polar surface area (TPSA) is 29.5 Å². The summed E-state index contributed by atoms with van der Waals surface area (Å²) in [6.07, 6.45) is 4.15. The van der Waals surface area contributed by atoms with Gasteiger partial charge in [-0.05, 0) is 43.2 Å². The molecule has 1 aromatic rings. The summed E-state index contributed by atoms with van der Waals surface area (Å²) in [6, 6.07) is 4.57. The standard InChI is InChI=1S/C17H24FNO2/c1-17(2)9-7-12(8-10-17)19(3)16(20)14-6-5-13(21-4)11-15(14)18/h5-6,11-12H,7-10H2,1-4H3. The van der Waals surface area contributed by atoms with Crippen LogP contribution in [0.5, 0.6) is 5.75 Å². The number of rotatable bonds is 3. The predicted molar refractivity (Wildman–Crippen MR) is 81.1 cm³/mol. The first kappa shape index (κ1) is 15.8. The zero-order chi connectivity index (χ0) is 15.6. The monoisotopic (exact) mass is 293 g/mol. The minimum atomic E-state index is -0.526. The van der Waals surface area contributed by atoms with Crippen molar-refractivity contribution in [3.8, 4) is 5.75 Å². The molecule has 1 aromatic carbocycles. The summed E-state index contributed by atoms with van der Waals surface area (Å²) in [6.45, 7) is 4.52. The maximum absolute atomic E-state index is 14.0. The molecule has 1 amide bonds. The second-order valence-electron chi connectivity index (χ2n) is 6.66.